The molecule has 26 heavy (non-hydrogen) atoms. The average molecular weight is 354 g/mol. The molecule has 3 rings (SSSR count). The van der Waals surface area contributed by atoms with Crippen LogP contribution in [0, 0.1) is 0 Å². The fraction of sp³-hybridized carbons (Fsp3) is 0.450. The van der Waals surface area contributed by atoms with Gasteiger partial charge in [0.15, 0.2) is 0 Å². The molecule has 0 aliphatic carbocycles. The highest BCUT2D eigenvalue weighted by atomic mass is 16.5. The van der Waals surface area contributed by atoms with Crippen molar-refractivity contribution in [1.29, 1.82) is 0 Å². The minimum Gasteiger partial charge on any atom is -0.462 e. The summed E-state index contributed by atoms with van der Waals surface area (Å²) in [6.07, 6.45) is 6.45. The molecule has 1 aromatic heterocycles. The maximum Gasteiger partial charge on any atom is 0.338 e. The van der Waals surface area contributed by atoms with Crippen LogP contribution in [-0.4, -0.2) is 35.1 Å². The molecule has 0 saturated carbocycles. The van der Waals surface area contributed by atoms with E-state index in [4.69, 9.17) is 4.74 Å². The molecular formula is C20H26N4O2. The summed E-state index contributed by atoms with van der Waals surface area (Å²) < 4.78 is 5.00. The van der Waals surface area contributed by atoms with E-state index in [1.54, 1.807) is 25.4 Å². The first kappa shape index (κ1) is 18.2. The molecule has 0 bridgehead atoms. The van der Waals surface area contributed by atoms with Gasteiger partial charge in [-0.05, 0) is 56.9 Å². The lowest BCUT2D eigenvalue weighted by Crippen LogP contribution is -2.39. The van der Waals surface area contributed by atoms with Crippen LogP contribution in [0.15, 0.2) is 36.7 Å². The number of hydrogen-bond donors (Lipinski definition) is 1. The highest BCUT2D eigenvalue weighted by molar-refractivity contribution is 5.89. The molecule has 1 N–H and O–H groups in total. The summed E-state index contributed by atoms with van der Waals surface area (Å²) in [5.74, 6) is 1.41. The predicted molar refractivity (Wildman–Crippen MR) is 103 cm³/mol. The number of piperidine rings is 1. The first-order valence-corrected chi connectivity index (χ1v) is 9.34. The number of ether oxygens (including phenoxy) is 1. The van der Waals surface area contributed by atoms with E-state index in [2.05, 4.69) is 27.1 Å². The standard InChI is InChI=1S/C20H26N4O2/c1-3-17-7-5-6-12-24(17)19-13-18(21-14-22-19)23-16-10-8-15(9-11-16)20(25)26-4-2/h8-11,13-14,17H,3-7,12H2,1-2H3,(H,21,22,23). The monoisotopic (exact) mass is 354 g/mol. The topological polar surface area (TPSA) is 67.3 Å². The molecule has 1 fully saturated rings. The van der Waals surface area contributed by atoms with Gasteiger partial charge in [-0.25, -0.2) is 14.8 Å². The second-order valence-corrected chi connectivity index (χ2v) is 6.44. The fourth-order valence-electron chi connectivity index (χ4n) is 3.35. The third-order valence-electron chi connectivity index (χ3n) is 4.71. The number of rotatable bonds is 6. The molecule has 0 amide bonds. The van der Waals surface area contributed by atoms with Gasteiger partial charge < -0.3 is 15.0 Å². The van der Waals surface area contributed by atoms with Gasteiger partial charge in [0.25, 0.3) is 0 Å². The molecule has 1 atom stereocenters. The smallest absolute Gasteiger partial charge is 0.338 e. The van der Waals surface area contributed by atoms with E-state index in [-0.39, 0.29) is 5.97 Å². The van der Waals surface area contributed by atoms with E-state index in [0.29, 0.717) is 18.2 Å². The summed E-state index contributed by atoms with van der Waals surface area (Å²) >= 11 is 0. The second-order valence-electron chi connectivity index (χ2n) is 6.44. The number of nitrogens with one attached hydrogen (secondary N) is 1. The SMILES string of the molecule is CCOC(=O)c1ccc(Nc2cc(N3CCCCC3CC)ncn2)cc1. The minimum absolute atomic E-state index is 0.306. The zero-order valence-corrected chi connectivity index (χ0v) is 15.4. The zero-order chi connectivity index (χ0) is 18.4. The lowest BCUT2D eigenvalue weighted by atomic mass is 10.0. The first-order chi connectivity index (χ1) is 12.7. The van der Waals surface area contributed by atoms with Crippen LogP contribution in [0.2, 0.25) is 0 Å². The Morgan fingerprint density at radius 1 is 1.23 bits per heavy atom. The van der Waals surface area contributed by atoms with Crippen LogP contribution in [0.3, 0.4) is 0 Å². The van der Waals surface area contributed by atoms with Gasteiger partial charge in [-0.3, -0.25) is 0 Å². The van der Waals surface area contributed by atoms with Gasteiger partial charge in [0.1, 0.15) is 18.0 Å². The number of carbonyl (C=O) groups excluding carboxylic acids is 1. The zero-order valence-electron chi connectivity index (χ0n) is 15.4. The van der Waals surface area contributed by atoms with Gasteiger partial charge in [0, 0.05) is 24.3 Å². The molecule has 0 spiro atoms. The number of esters is 1. The van der Waals surface area contributed by atoms with E-state index in [9.17, 15) is 4.79 Å². The van der Waals surface area contributed by atoms with E-state index < -0.39 is 0 Å². The van der Waals surface area contributed by atoms with Crippen molar-refractivity contribution in [3.63, 3.8) is 0 Å². The molecule has 1 aromatic carbocycles. The maximum absolute atomic E-state index is 11.7. The Balaban J connectivity index is 1.71. The summed E-state index contributed by atoms with van der Waals surface area (Å²) in [5, 5.41) is 3.28. The number of carbonyl (C=O) groups is 1. The number of aromatic nitrogens is 2. The van der Waals surface area contributed by atoms with Crippen molar-refractivity contribution in [2.24, 2.45) is 0 Å². The second kappa shape index (κ2) is 8.65. The highest BCUT2D eigenvalue weighted by Gasteiger charge is 2.22. The van der Waals surface area contributed by atoms with Gasteiger partial charge in [0.2, 0.25) is 0 Å². The van der Waals surface area contributed by atoms with Crippen LogP contribution in [0.5, 0.6) is 0 Å². The van der Waals surface area contributed by atoms with E-state index in [0.717, 1.165) is 30.3 Å². The van der Waals surface area contributed by atoms with Crippen molar-refractivity contribution < 1.29 is 9.53 Å². The lowest BCUT2D eigenvalue weighted by Gasteiger charge is -2.36. The number of nitrogens with zero attached hydrogens (tertiary/aromatic N) is 3. The Morgan fingerprint density at radius 2 is 2.04 bits per heavy atom. The Morgan fingerprint density at radius 3 is 2.77 bits per heavy atom. The van der Waals surface area contributed by atoms with Crippen molar-refractivity contribution in [3.8, 4) is 0 Å². The number of hydrogen-bond acceptors (Lipinski definition) is 6. The van der Waals surface area contributed by atoms with Crippen molar-refractivity contribution in [1.82, 2.24) is 9.97 Å². The van der Waals surface area contributed by atoms with Crippen molar-refractivity contribution in [2.45, 2.75) is 45.6 Å². The molecule has 6 nitrogen and oxygen atoms in total. The van der Waals surface area contributed by atoms with Gasteiger partial charge in [-0.2, -0.15) is 0 Å². The number of benzene rings is 1. The quantitative estimate of drug-likeness (QED) is 0.786. The third kappa shape index (κ3) is 4.31. The molecule has 6 heteroatoms. The fourth-order valence-corrected chi connectivity index (χ4v) is 3.35. The van der Waals surface area contributed by atoms with Crippen LogP contribution in [-0.2, 0) is 4.74 Å². The summed E-state index contributed by atoms with van der Waals surface area (Å²) in [7, 11) is 0. The lowest BCUT2D eigenvalue weighted by molar-refractivity contribution is 0.0526. The average Bonchev–Trinajstić information content (AvgIpc) is 2.69. The van der Waals surface area contributed by atoms with Gasteiger partial charge in [-0.15, -0.1) is 0 Å². The van der Waals surface area contributed by atoms with Gasteiger partial charge in [-0.1, -0.05) is 6.92 Å². The molecule has 2 aromatic rings. The molecular weight excluding hydrogens is 328 g/mol. The molecule has 1 aliphatic heterocycles. The Bertz CT molecular complexity index is 733. The maximum atomic E-state index is 11.7. The van der Waals surface area contributed by atoms with Crippen LogP contribution in [0.25, 0.3) is 0 Å². The number of anilines is 3. The van der Waals surface area contributed by atoms with E-state index in [1.165, 1.54) is 19.3 Å². The summed E-state index contributed by atoms with van der Waals surface area (Å²) in [4.78, 5) is 22.9. The van der Waals surface area contributed by atoms with Crippen molar-refractivity contribution >= 4 is 23.3 Å². The first-order valence-electron chi connectivity index (χ1n) is 9.34. The van der Waals surface area contributed by atoms with Gasteiger partial charge >= 0.3 is 5.97 Å². The molecule has 138 valence electrons. The van der Waals surface area contributed by atoms with Gasteiger partial charge in [0.05, 0.1) is 12.2 Å². The van der Waals surface area contributed by atoms with Crippen LogP contribution >= 0.6 is 0 Å². The Hall–Kier alpha value is -2.63. The predicted octanol–water partition coefficient (Wildman–Crippen LogP) is 4.17. The van der Waals surface area contributed by atoms with Crippen LogP contribution in [0.1, 0.15) is 49.9 Å². The largest absolute Gasteiger partial charge is 0.462 e. The summed E-state index contributed by atoms with van der Waals surface area (Å²) in [5.41, 5.74) is 1.41. The Kier molecular flexibility index (Phi) is 6.04. The van der Waals surface area contributed by atoms with Crippen molar-refractivity contribution in [2.75, 3.05) is 23.4 Å². The molecule has 0 radical (unpaired) electrons. The highest BCUT2D eigenvalue weighted by Crippen LogP contribution is 2.26. The van der Waals surface area contributed by atoms with Crippen molar-refractivity contribution in [3.05, 3.63) is 42.2 Å². The Labute approximate surface area is 154 Å². The third-order valence-corrected chi connectivity index (χ3v) is 4.71. The summed E-state index contributed by atoms with van der Waals surface area (Å²) in [6.45, 7) is 5.45. The van der Waals surface area contributed by atoms with E-state index >= 15 is 0 Å². The van der Waals surface area contributed by atoms with E-state index in [1.807, 2.05) is 18.2 Å². The van der Waals surface area contributed by atoms with Crippen LogP contribution in [0.4, 0.5) is 17.3 Å². The molecule has 1 saturated heterocycles. The molecule has 1 aliphatic rings. The molecule has 2 heterocycles. The molecule has 1 unspecified atom stereocenters. The summed E-state index contributed by atoms with van der Waals surface area (Å²) in [6, 6.07) is 9.75. The normalized spacial score (nSPS) is 17.0. The minimum atomic E-state index is -0.306. The van der Waals surface area contributed by atoms with Crippen LogP contribution < -0.4 is 10.2 Å².